The molecule has 1 aromatic heterocycles. The summed E-state index contributed by atoms with van der Waals surface area (Å²) in [6.07, 6.45) is 0.141. The Morgan fingerprint density at radius 2 is 1.97 bits per heavy atom. The van der Waals surface area contributed by atoms with Crippen LogP contribution in [0.2, 0.25) is 0 Å². The first-order valence-electron chi connectivity index (χ1n) is 10.5. The minimum Gasteiger partial charge on any atom is -0.312 e. The Morgan fingerprint density at radius 3 is 2.70 bits per heavy atom. The number of nitrogens with zero attached hydrogens (tertiary/aromatic N) is 4. The number of anilines is 2. The third-order valence-corrected chi connectivity index (χ3v) is 6.88. The predicted molar refractivity (Wildman–Crippen MR) is 125 cm³/mol. The normalized spacial score (nSPS) is 17.3. The lowest BCUT2D eigenvalue weighted by atomic mass is 10.1. The summed E-state index contributed by atoms with van der Waals surface area (Å²) < 4.78 is 1.63. The van der Waals surface area contributed by atoms with E-state index in [-0.39, 0.29) is 23.9 Å². The molecule has 168 valence electrons. The second-order valence-electron chi connectivity index (χ2n) is 8.19. The minimum atomic E-state index is -0.483. The van der Waals surface area contributed by atoms with E-state index < -0.39 is 10.8 Å². The van der Waals surface area contributed by atoms with Crippen molar-refractivity contribution in [1.29, 1.82) is 0 Å². The molecule has 3 aromatic rings. The average Bonchev–Trinajstić information content (AvgIpc) is 3.49. The molecule has 5 rings (SSSR count). The van der Waals surface area contributed by atoms with E-state index in [4.69, 9.17) is 0 Å². The monoisotopic (exact) mass is 463 g/mol. The fraction of sp³-hybridized carbons (Fsp3) is 0.261. The highest BCUT2D eigenvalue weighted by Crippen LogP contribution is 2.37. The van der Waals surface area contributed by atoms with Gasteiger partial charge in [0.1, 0.15) is 5.82 Å². The van der Waals surface area contributed by atoms with Crippen molar-refractivity contribution in [2.75, 3.05) is 16.8 Å². The molecule has 2 aliphatic rings. The highest BCUT2D eigenvalue weighted by molar-refractivity contribution is 7.98. The molecular weight excluding hydrogens is 442 g/mol. The molecule has 33 heavy (non-hydrogen) atoms. The van der Waals surface area contributed by atoms with E-state index in [1.807, 2.05) is 31.2 Å². The van der Waals surface area contributed by atoms with Crippen LogP contribution >= 0.6 is 11.8 Å². The van der Waals surface area contributed by atoms with Crippen molar-refractivity contribution in [1.82, 2.24) is 9.78 Å². The third kappa shape index (κ3) is 3.97. The van der Waals surface area contributed by atoms with Gasteiger partial charge >= 0.3 is 0 Å². The largest absolute Gasteiger partial charge is 0.312 e. The zero-order valence-corrected chi connectivity index (χ0v) is 18.7. The first-order valence-corrected chi connectivity index (χ1v) is 11.7. The van der Waals surface area contributed by atoms with E-state index in [0.717, 1.165) is 34.0 Å². The molecule has 2 aliphatic heterocycles. The number of nitrogens with one attached hydrogen (secondary N) is 1. The summed E-state index contributed by atoms with van der Waals surface area (Å²) in [5.41, 5.74) is 4.29. The van der Waals surface area contributed by atoms with Gasteiger partial charge in [-0.25, -0.2) is 4.68 Å². The molecule has 1 N–H and O–H groups in total. The Morgan fingerprint density at radius 1 is 1.18 bits per heavy atom. The zero-order valence-electron chi connectivity index (χ0n) is 17.9. The number of thioether (sulfide) groups is 1. The van der Waals surface area contributed by atoms with E-state index in [0.29, 0.717) is 18.1 Å². The lowest BCUT2D eigenvalue weighted by Gasteiger charge is -2.17. The first-order chi connectivity index (χ1) is 15.9. The van der Waals surface area contributed by atoms with Crippen LogP contribution < -0.4 is 10.2 Å². The van der Waals surface area contributed by atoms with Crippen molar-refractivity contribution < 1.29 is 14.5 Å². The number of nitro benzene ring substituents is 1. The number of amides is 2. The van der Waals surface area contributed by atoms with Crippen molar-refractivity contribution in [3.63, 3.8) is 0 Å². The number of carbonyl (C=O) groups excluding carboxylic acids is 2. The smallest absolute Gasteiger partial charge is 0.269 e. The van der Waals surface area contributed by atoms with Crippen LogP contribution in [0.15, 0.2) is 48.5 Å². The number of nitro groups is 1. The van der Waals surface area contributed by atoms with Crippen LogP contribution in [0, 0.1) is 23.0 Å². The Kier molecular flexibility index (Phi) is 5.37. The van der Waals surface area contributed by atoms with Crippen LogP contribution in [0.3, 0.4) is 0 Å². The van der Waals surface area contributed by atoms with Gasteiger partial charge in [-0.15, -0.1) is 0 Å². The molecule has 2 amide bonds. The first kappa shape index (κ1) is 21.2. The van der Waals surface area contributed by atoms with E-state index in [9.17, 15) is 19.7 Å². The van der Waals surface area contributed by atoms with Gasteiger partial charge in [-0.05, 0) is 36.8 Å². The average molecular weight is 464 g/mol. The van der Waals surface area contributed by atoms with Crippen LogP contribution in [0.4, 0.5) is 17.2 Å². The van der Waals surface area contributed by atoms with Gasteiger partial charge in [-0.2, -0.15) is 16.9 Å². The lowest BCUT2D eigenvalue weighted by Crippen LogP contribution is -2.29. The number of aryl methyl sites for hydroxylation is 1. The summed E-state index contributed by atoms with van der Waals surface area (Å²) >= 11 is 1.71. The number of hydrogen-bond donors (Lipinski definition) is 1. The van der Waals surface area contributed by atoms with Crippen LogP contribution in [-0.2, 0) is 21.1 Å². The minimum absolute atomic E-state index is 0.0136. The molecule has 1 unspecified atom stereocenters. The predicted octanol–water partition coefficient (Wildman–Crippen LogP) is 3.83. The molecule has 0 spiro atoms. The van der Waals surface area contributed by atoms with Crippen molar-refractivity contribution in [2.45, 2.75) is 24.9 Å². The number of fused-ring (bicyclic) bond motifs is 1. The van der Waals surface area contributed by atoms with Crippen LogP contribution in [-0.4, -0.2) is 33.1 Å². The van der Waals surface area contributed by atoms with Gasteiger partial charge in [0.2, 0.25) is 11.8 Å². The van der Waals surface area contributed by atoms with Gasteiger partial charge in [0.05, 0.1) is 22.2 Å². The Labute approximate surface area is 193 Å². The molecule has 1 atom stereocenters. The van der Waals surface area contributed by atoms with E-state index in [2.05, 4.69) is 10.4 Å². The molecule has 3 heterocycles. The van der Waals surface area contributed by atoms with Gasteiger partial charge < -0.3 is 10.2 Å². The lowest BCUT2D eigenvalue weighted by molar-refractivity contribution is -0.384. The topological polar surface area (TPSA) is 110 Å². The quantitative estimate of drug-likeness (QED) is 0.455. The summed E-state index contributed by atoms with van der Waals surface area (Å²) in [6.45, 7) is 2.28. The van der Waals surface area contributed by atoms with Crippen LogP contribution in [0.1, 0.15) is 23.2 Å². The van der Waals surface area contributed by atoms with Gasteiger partial charge in [-0.3, -0.25) is 19.7 Å². The summed E-state index contributed by atoms with van der Waals surface area (Å²) in [4.78, 5) is 38.0. The van der Waals surface area contributed by atoms with Crippen LogP contribution in [0.5, 0.6) is 0 Å². The number of aromatic nitrogens is 2. The number of benzene rings is 2. The molecular formula is C23H21N5O4S. The number of carbonyl (C=O) groups is 2. The fourth-order valence-electron chi connectivity index (χ4n) is 4.19. The Bertz CT molecular complexity index is 1270. The van der Waals surface area contributed by atoms with Crippen molar-refractivity contribution >= 4 is 40.8 Å². The van der Waals surface area contributed by atoms with Gasteiger partial charge in [0, 0.05) is 47.9 Å². The summed E-state index contributed by atoms with van der Waals surface area (Å²) in [7, 11) is 0. The third-order valence-electron chi connectivity index (χ3n) is 5.91. The van der Waals surface area contributed by atoms with Gasteiger partial charge in [0.25, 0.3) is 5.69 Å². The zero-order chi connectivity index (χ0) is 23.1. The Hall–Kier alpha value is -3.66. The molecule has 0 bridgehead atoms. The molecule has 1 fully saturated rings. The van der Waals surface area contributed by atoms with Crippen molar-refractivity contribution in [3.05, 3.63) is 75.5 Å². The van der Waals surface area contributed by atoms with E-state index >= 15 is 0 Å². The van der Waals surface area contributed by atoms with Crippen LogP contribution in [0.25, 0.3) is 5.69 Å². The highest BCUT2D eigenvalue weighted by Gasteiger charge is 2.36. The second-order valence-corrected chi connectivity index (χ2v) is 9.17. The van der Waals surface area contributed by atoms with Gasteiger partial charge in [0.15, 0.2) is 0 Å². The summed E-state index contributed by atoms with van der Waals surface area (Å²) in [6, 6.07) is 13.7. The fourth-order valence-corrected chi connectivity index (χ4v) is 5.23. The number of non-ortho nitro benzene ring substituents is 1. The molecule has 9 nitrogen and oxygen atoms in total. The maximum absolute atomic E-state index is 13.2. The standard InChI is InChI=1S/C23H21N5O4S/c1-14-3-2-4-18(9-14)26-11-15(10-21(26)29)23(30)24-22-19-12-33-13-20(19)25-27(22)16-5-7-17(8-6-16)28(31)32/h2-9,15H,10-13H2,1H3,(H,24,30). The molecule has 2 aromatic carbocycles. The number of rotatable bonds is 5. The molecule has 0 saturated carbocycles. The van der Waals surface area contributed by atoms with E-state index in [1.54, 1.807) is 33.5 Å². The molecule has 10 heteroatoms. The summed E-state index contributed by atoms with van der Waals surface area (Å²) in [5, 5.41) is 18.6. The SMILES string of the molecule is Cc1cccc(N2CC(C(=O)Nc3c4c(nn3-c3ccc([N+](=O)[O-])cc3)CSC4)CC2=O)c1. The molecule has 0 radical (unpaired) electrons. The maximum atomic E-state index is 13.2. The summed E-state index contributed by atoms with van der Waals surface area (Å²) in [5.74, 6) is 1.22. The highest BCUT2D eigenvalue weighted by atomic mass is 32.2. The van der Waals surface area contributed by atoms with Crippen molar-refractivity contribution in [3.8, 4) is 5.69 Å². The maximum Gasteiger partial charge on any atom is 0.269 e. The number of hydrogen-bond acceptors (Lipinski definition) is 6. The molecule has 0 aliphatic carbocycles. The molecule has 1 saturated heterocycles. The Balaban J connectivity index is 1.40. The second kappa shape index (κ2) is 8.36. The van der Waals surface area contributed by atoms with Crippen molar-refractivity contribution in [2.24, 2.45) is 5.92 Å². The van der Waals surface area contributed by atoms with E-state index in [1.165, 1.54) is 12.1 Å². The van der Waals surface area contributed by atoms with Gasteiger partial charge in [-0.1, -0.05) is 12.1 Å².